The van der Waals surface area contributed by atoms with Crippen molar-refractivity contribution in [2.45, 2.75) is 52.7 Å². The molecule has 0 saturated heterocycles. The van der Waals surface area contributed by atoms with Crippen molar-refractivity contribution in [2.75, 3.05) is 33.0 Å². The Morgan fingerprint density at radius 3 is 2.00 bits per heavy atom. The van der Waals surface area contributed by atoms with Gasteiger partial charge in [0, 0.05) is 44.4 Å². The lowest BCUT2D eigenvalue weighted by atomic mass is 10.3. The number of carbonyl (C=O) groups excluding carboxylic acids is 3. The molecule has 0 radical (unpaired) electrons. The normalized spacial score (nSPS) is 11.2. The Labute approximate surface area is 180 Å². The molecule has 0 heterocycles. The molecule has 0 aromatic rings. The Morgan fingerprint density at radius 1 is 1.03 bits per heavy atom. The maximum Gasteiger partial charge on any atom is 0.501 e. The summed E-state index contributed by atoms with van der Waals surface area (Å²) >= 11 is 0. The van der Waals surface area contributed by atoms with Crippen LogP contribution < -0.4 is 0 Å². The zero-order valence-corrected chi connectivity index (χ0v) is 19.5. The zero-order chi connectivity index (χ0) is 23.3. The molecule has 1 unspecified atom stereocenters. The van der Waals surface area contributed by atoms with Gasteiger partial charge < -0.3 is 22.8 Å². The summed E-state index contributed by atoms with van der Waals surface area (Å²) in [7, 11) is -2.59. The van der Waals surface area contributed by atoms with Crippen LogP contribution in [0.3, 0.4) is 0 Å². The van der Waals surface area contributed by atoms with Crippen LogP contribution in [-0.2, 0) is 37.1 Å². The van der Waals surface area contributed by atoms with E-state index in [2.05, 4.69) is 18.2 Å². The van der Waals surface area contributed by atoms with Gasteiger partial charge in [0.15, 0.2) is 0 Å². The average Bonchev–Trinajstić information content (AvgIpc) is 2.72. The Morgan fingerprint density at radius 2 is 1.57 bits per heavy atom. The minimum absolute atomic E-state index is 0.243. The van der Waals surface area contributed by atoms with E-state index in [1.54, 1.807) is 6.92 Å². The van der Waals surface area contributed by atoms with Gasteiger partial charge in [-0.2, -0.15) is 0 Å². The number of esters is 2. The van der Waals surface area contributed by atoms with Gasteiger partial charge in [0.05, 0.1) is 13.2 Å². The Balaban J connectivity index is 0. The van der Waals surface area contributed by atoms with Gasteiger partial charge in [0.2, 0.25) is 6.08 Å². The molecule has 0 aromatic carbocycles. The van der Waals surface area contributed by atoms with E-state index in [-0.39, 0.29) is 6.10 Å². The summed E-state index contributed by atoms with van der Waals surface area (Å²) in [4.78, 5) is 34.5. The predicted octanol–water partition coefficient (Wildman–Crippen LogP) is 2.98. The number of hydrogen-bond acceptors (Lipinski definition) is 9. The van der Waals surface area contributed by atoms with E-state index in [0.717, 1.165) is 12.2 Å². The lowest BCUT2D eigenvalue weighted by Gasteiger charge is -2.28. The SMILES string of the molecule is C=CC(=O)OC(C)CCN=C=O.C=CC(=O)OCCC[Si](OCC)(OCC)OCC. The summed E-state index contributed by atoms with van der Waals surface area (Å²) in [6.45, 7) is 16.4. The number of ether oxygens (including phenoxy) is 2. The van der Waals surface area contributed by atoms with Crippen LogP contribution in [0.25, 0.3) is 0 Å². The van der Waals surface area contributed by atoms with E-state index in [0.29, 0.717) is 51.9 Å². The lowest BCUT2D eigenvalue weighted by molar-refractivity contribution is -0.142. The molecule has 172 valence electrons. The van der Waals surface area contributed by atoms with Crippen molar-refractivity contribution in [3.8, 4) is 0 Å². The molecule has 1 atom stereocenters. The topological polar surface area (TPSA) is 110 Å². The number of aliphatic imine (C=N–C) groups is 1. The molecule has 0 spiro atoms. The maximum absolute atomic E-state index is 10.9. The van der Waals surface area contributed by atoms with Crippen LogP contribution in [0.15, 0.2) is 30.3 Å². The Hall–Kier alpha value is -2.10. The van der Waals surface area contributed by atoms with Crippen LogP contribution in [0.5, 0.6) is 0 Å². The molecule has 9 nitrogen and oxygen atoms in total. The lowest BCUT2D eigenvalue weighted by Crippen LogP contribution is -2.46. The number of carbonyl (C=O) groups is 2. The first-order valence-corrected chi connectivity index (χ1v) is 11.8. The minimum atomic E-state index is -2.59. The molecule has 0 aliphatic rings. The summed E-state index contributed by atoms with van der Waals surface area (Å²) in [6.07, 6.45) is 4.59. The fraction of sp³-hybridized carbons (Fsp3) is 0.650. The Kier molecular flexibility index (Phi) is 20.2. The molecular formula is C20H35NO8Si. The molecule has 0 aromatic heterocycles. The summed E-state index contributed by atoms with van der Waals surface area (Å²) in [5.41, 5.74) is 0. The van der Waals surface area contributed by atoms with Gasteiger partial charge in [-0.3, -0.25) is 0 Å². The third kappa shape index (κ3) is 16.8. The first-order chi connectivity index (χ1) is 14.3. The van der Waals surface area contributed by atoms with E-state index in [9.17, 15) is 14.4 Å². The summed E-state index contributed by atoms with van der Waals surface area (Å²) in [5, 5.41) is 0. The molecule has 30 heavy (non-hydrogen) atoms. The fourth-order valence-electron chi connectivity index (χ4n) is 2.12. The highest BCUT2D eigenvalue weighted by atomic mass is 28.4. The second-order valence-electron chi connectivity index (χ2n) is 5.67. The van der Waals surface area contributed by atoms with Crippen LogP contribution in [0.4, 0.5) is 0 Å². The van der Waals surface area contributed by atoms with Crippen LogP contribution in [0.1, 0.15) is 40.5 Å². The second-order valence-corrected chi connectivity index (χ2v) is 8.40. The molecule has 0 rings (SSSR count). The highest BCUT2D eigenvalue weighted by Crippen LogP contribution is 2.18. The van der Waals surface area contributed by atoms with Gasteiger partial charge in [0.1, 0.15) is 6.10 Å². The fourth-order valence-corrected chi connectivity index (χ4v) is 4.70. The molecular weight excluding hydrogens is 410 g/mol. The van der Waals surface area contributed by atoms with Gasteiger partial charge >= 0.3 is 20.7 Å². The van der Waals surface area contributed by atoms with E-state index >= 15 is 0 Å². The third-order valence-electron chi connectivity index (χ3n) is 3.33. The third-order valence-corrected chi connectivity index (χ3v) is 6.48. The highest BCUT2D eigenvalue weighted by molar-refractivity contribution is 6.60. The summed E-state index contributed by atoms with van der Waals surface area (Å²) < 4.78 is 26.8. The molecule has 0 fully saturated rings. The van der Waals surface area contributed by atoms with Gasteiger partial charge in [-0.15, -0.1) is 0 Å². The minimum Gasteiger partial charge on any atom is -0.463 e. The van der Waals surface area contributed by atoms with Crippen molar-refractivity contribution < 1.29 is 37.1 Å². The summed E-state index contributed by atoms with van der Waals surface area (Å²) in [6, 6.07) is 0.646. The molecule has 0 N–H and O–H groups in total. The van der Waals surface area contributed by atoms with E-state index in [1.807, 2.05) is 20.8 Å². The van der Waals surface area contributed by atoms with Gasteiger partial charge in [-0.05, 0) is 34.1 Å². The van der Waals surface area contributed by atoms with E-state index < -0.39 is 20.7 Å². The number of nitrogens with zero attached hydrogens (tertiary/aromatic N) is 1. The number of rotatable bonds is 16. The van der Waals surface area contributed by atoms with Gasteiger partial charge in [0.25, 0.3) is 0 Å². The molecule has 0 bridgehead atoms. The van der Waals surface area contributed by atoms with Crippen molar-refractivity contribution in [3.63, 3.8) is 0 Å². The summed E-state index contributed by atoms with van der Waals surface area (Å²) in [5.74, 6) is -0.871. The standard InChI is InChI=1S/C12H24O5Si.C8H11NO3/c1-5-12(13)14-10-9-11-18(15-6-2,16-7-3)17-8-4;1-3-8(11)12-7(2)4-5-9-6-10/h5H,1,6-11H2,2-4H3;3,7H,1,4-5H2,2H3. The van der Waals surface area contributed by atoms with Crippen molar-refractivity contribution in [3.05, 3.63) is 25.3 Å². The average molecular weight is 446 g/mol. The van der Waals surface area contributed by atoms with E-state index in [4.69, 9.17) is 22.8 Å². The van der Waals surface area contributed by atoms with Crippen molar-refractivity contribution in [2.24, 2.45) is 4.99 Å². The monoisotopic (exact) mass is 445 g/mol. The molecule has 0 aliphatic heterocycles. The largest absolute Gasteiger partial charge is 0.501 e. The van der Waals surface area contributed by atoms with Crippen molar-refractivity contribution in [1.82, 2.24) is 0 Å². The first kappa shape index (κ1) is 30.1. The quantitative estimate of drug-likeness (QED) is 0.0890. The van der Waals surface area contributed by atoms with Crippen LogP contribution in [-0.4, -0.2) is 65.9 Å². The first-order valence-electron chi connectivity index (χ1n) is 9.92. The van der Waals surface area contributed by atoms with Crippen molar-refractivity contribution in [1.29, 1.82) is 0 Å². The van der Waals surface area contributed by atoms with Crippen molar-refractivity contribution >= 4 is 26.8 Å². The molecule has 0 aliphatic carbocycles. The van der Waals surface area contributed by atoms with Gasteiger partial charge in [-0.1, -0.05) is 13.2 Å². The number of hydrogen-bond donors (Lipinski definition) is 0. The van der Waals surface area contributed by atoms with Crippen LogP contribution in [0, 0.1) is 0 Å². The molecule has 10 heteroatoms. The predicted molar refractivity (Wildman–Crippen MR) is 115 cm³/mol. The van der Waals surface area contributed by atoms with Gasteiger partial charge in [-0.25, -0.2) is 19.4 Å². The zero-order valence-electron chi connectivity index (χ0n) is 18.5. The highest BCUT2D eigenvalue weighted by Gasteiger charge is 2.39. The molecule has 0 saturated carbocycles. The number of isocyanates is 1. The Bertz CT molecular complexity index is 532. The van der Waals surface area contributed by atoms with Crippen LogP contribution >= 0.6 is 0 Å². The second kappa shape index (κ2) is 20.2. The maximum atomic E-state index is 10.9. The smallest absolute Gasteiger partial charge is 0.463 e. The van der Waals surface area contributed by atoms with Crippen LogP contribution in [0.2, 0.25) is 6.04 Å². The molecule has 0 amide bonds. The van der Waals surface area contributed by atoms with E-state index in [1.165, 1.54) is 6.08 Å².